The molecule has 81 heavy (non-hydrogen) atoms. The Bertz CT molecular complexity index is 3310. The van der Waals surface area contributed by atoms with E-state index in [0.29, 0.717) is 28.1 Å². The largest absolute Gasteiger partial charge is 0.491 e. The average Bonchev–Trinajstić information content (AvgIpc) is 4.23. The van der Waals surface area contributed by atoms with E-state index >= 15 is 0 Å². The third-order valence-electron chi connectivity index (χ3n) is 15.3. The Hall–Kier alpha value is -7.11. The van der Waals surface area contributed by atoms with Gasteiger partial charge in [0.2, 0.25) is 17.7 Å². The number of benzene rings is 3. The number of aryl methyl sites for hydroxylation is 3. The molecule has 3 aromatic carbocycles. The molecule has 0 spiro atoms. The van der Waals surface area contributed by atoms with Crippen LogP contribution in [-0.2, 0) is 30.9 Å². The van der Waals surface area contributed by atoms with Crippen molar-refractivity contribution in [3.63, 3.8) is 0 Å². The van der Waals surface area contributed by atoms with Crippen molar-refractivity contribution in [2.24, 2.45) is 18.0 Å². The molecule has 2 aliphatic heterocycles. The summed E-state index contributed by atoms with van der Waals surface area (Å²) in [7, 11) is 3.20. The van der Waals surface area contributed by atoms with E-state index in [9.17, 15) is 32.8 Å². The third-order valence-corrected chi connectivity index (χ3v) is 16.8. The van der Waals surface area contributed by atoms with E-state index in [1.54, 1.807) is 54.5 Å². The molecule has 5 amide bonds. The maximum atomic E-state index is 14.7. The van der Waals surface area contributed by atoms with Crippen molar-refractivity contribution in [2.45, 2.75) is 84.3 Å². The molecule has 9 rings (SSSR count). The molecule has 0 unspecified atom stereocenters. The Balaban J connectivity index is 0.719. The van der Waals surface area contributed by atoms with Crippen LogP contribution in [0.2, 0.25) is 5.02 Å². The minimum atomic E-state index is -1.17. The lowest BCUT2D eigenvalue weighted by Crippen LogP contribution is -2.59. The van der Waals surface area contributed by atoms with Crippen molar-refractivity contribution in [3.8, 4) is 10.8 Å². The fourth-order valence-corrected chi connectivity index (χ4v) is 12.0. The number of halogens is 3. The van der Waals surface area contributed by atoms with Gasteiger partial charge < -0.3 is 49.8 Å². The number of piperazine rings is 1. The van der Waals surface area contributed by atoms with Gasteiger partial charge in [0.15, 0.2) is 17.5 Å². The van der Waals surface area contributed by atoms with Crippen molar-refractivity contribution < 1.29 is 47.0 Å². The fourth-order valence-electron chi connectivity index (χ4n) is 10.7. The summed E-state index contributed by atoms with van der Waals surface area (Å²) in [4.78, 5) is 78.3. The van der Waals surface area contributed by atoms with Gasteiger partial charge in [0, 0.05) is 77.9 Å². The zero-order valence-electron chi connectivity index (χ0n) is 46.3. The molecular formula is C58H68ClF2N11O8S. The van der Waals surface area contributed by atoms with E-state index < -0.39 is 41.6 Å². The van der Waals surface area contributed by atoms with E-state index in [4.69, 9.17) is 30.8 Å². The summed E-state index contributed by atoms with van der Waals surface area (Å²) in [5, 5.41) is 22.2. The number of anilines is 1. The number of amides is 5. The minimum absolute atomic E-state index is 0.00372. The Labute approximate surface area is 477 Å². The van der Waals surface area contributed by atoms with Gasteiger partial charge in [0.1, 0.15) is 41.0 Å². The first kappa shape index (κ1) is 58.5. The topological polar surface area (TPSA) is 216 Å². The maximum Gasteiger partial charge on any atom is 0.271 e. The lowest BCUT2D eigenvalue weighted by molar-refractivity contribution is -0.140. The molecule has 1 saturated heterocycles. The molecule has 2 fully saturated rings. The number of likely N-dealkylation sites (N-methyl/N-ethyl adjacent to an activating group) is 1. The SMILES string of the molecule is CN[C@@H](C)C(=O)N[C@H](C(=O)N1CCN(C(=O)c2c(C(=O)NCCOCCOCCOc3ccc(NC(=O)C[C@@H]4N=C(c5ccc(Cl)cc5)c5c(sc(C)c5C)-n5c(C)nnc54)cc3)c3cc(F)c(F)cc3n2C)CC1)C1CCCCC1. The lowest BCUT2D eigenvalue weighted by Gasteiger charge is -2.39. The van der Waals surface area contributed by atoms with Crippen molar-refractivity contribution in [2.75, 3.05) is 78.1 Å². The van der Waals surface area contributed by atoms with Crippen LogP contribution in [0, 0.1) is 38.3 Å². The fraction of sp³-hybridized carbons (Fsp3) is 0.448. The normalized spacial score (nSPS) is 16.3. The summed E-state index contributed by atoms with van der Waals surface area (Å²) >= 11 is 7.90. The number of hydrogen-bond donors (Lipinski definition) is 4. The monoisotopic (exact) mass is 1150 g/mol. The zero-order valence-corrected chi connectivity index (χ0v) is 47.9. The molecule has 6 aromatic rings. The van der Waals surface area contributed by atoms with Gasteiger partial charge in [-0.3, -0.25) is 33.5 Å². The number of fused-ring (bicyclic) bond motifs is 4. The predicted octanol–water partition coefficient (Wildman–Crippen LogP) is 7.40. The molecule has 19 nitrogen and oxygen atoms in total. The predicted molar refractivity (Wildman–Crippen MR) is 305 cm³/mol. The molecule has 0 bridgehead atoms. The number of ether oxygens (including phenoxy) is 3. The van der Waals surface area contributed by atoms with Crippen molar-refractivity contribution in [1.82, 2.24) is 45.1 Å². The highest BCUT2D eigenvalue weighted by Crippen LogP contribution is 2.40. The quantitative estimate of drug-likeness (QED) is 0.0521. The van der Waals surface area contributed by atoms with E-state index in [1.807, 2.05) is 35.8 Å². The van der Waals surface area contributed by atoms with Crippen LogP contribution in [0.5, 0.6) is 5.75 Å². The van der Waals surface area contributed by atoms with Gasteiger partial charge >= 0.3 is 0 Å². The van der Waals surface area contributed by atoms with Crippen LogP contribution in [0.1, 0.15) is 106 Å². The molecule has 5 heterocycles. The summed E-state index contributed by atoms with van der Waals surface area (Å²) in [5.41, 5.74) is 4.31. The molecule has 1 aliphatic carbocycles. The van der Waals surface area contributed by atoms with E-state index in [2.05, 4.69) is 45.3 Å². The van der Waals surface area contributed by atoms with E-state index in [0.717, 1.165) is 76.5 Å². The Morgan fingerprint density at radius 1 is 0.840 bits per heavy atom. The summed E-state index contributed by atoms with van der Waals surface area (Å²) in [6.07, 6.45) is 4.72. The number of nitrogens with zero attached hydrogens (tertiary/aromatic N) is 7. The first-order chi connectivity index (χ1) is 39.0. The maximum absolute atomic E-state index is 14.7. The number of rotatable bonds is 21. The molecule has 3 atom stereocenters. The smallest absolute Gasteiger partial charge is 0.271 e. The number of nitrogens with one attached hydrogen (secondary N) is 4. The molecule has 3 aliphatic rings. The Morgan fingerprint density at radius 2 is 1.51 bits per heavy atom. The summed E-state index contributed by atoms with van der Waals surface area (Å²) < 4.78 is 50.0. The van der Waals surface area contributed by atoms with Crippen LogP contribution in [0.25, 0.3) is 15.9 Å². The highest BCUT2D eigenvalue weighted by molar-refractivity contribution is 7.15. The van der Waals surface area contributed by atoms with Crippen molar-refractivity contribution >= 4 is 74.8 Å². The minimum Gasteiger partial charge on any atom is -0.491 e. The zero-order chi connectivity index (χ0) is 57.5. The van der Waals surface area contributed by atoms with Gasteiger partial charge in [-0.1, -0.05) is 43.0 Å². The lowest BCUT2D eigenvalue weighted by atomic mass is 9.83. The van der Waals surface area contributed by atoms with Gasteiger partial charge in [-0.15, -0.1) is 21.5 Å². The summed E-state index contributed by atoms with van der Waals surface area (Å²) in [6, 6.07) is 14.6. The summed E-state index contributed by atoms with van der Waals surface area (Å²) in [6.45, 7) is 9.51. The van der Waals surface area contributed by atoms with E-state index in [1.165, 1.54) is 16.5 Å². The number of aromatic nitrogens is 4. The van der Waals surface area contributed by atoms with Crippen LogP contribution in [0.4, 0.5) is 14.5 Å². The number of carbonyl (C=O) groups excluding carboxylic acids is 5. The molecule has 23 heteroatoms. The second-order valence-corrected chi connectivity index (χ2v) is 22.2. The first-order valence-electron chi connectivity index (χ1n) is 27.4. The standard InChI is InChI=1S/C58H68ClF2N11O8S/c1-33-35(3)81-58-48(33)50(38-12-14-39(59)15-13-38)65-45(53-68-67-36(4)72(53)58)32-47(73)64-40-16-18-41(19-17-40)80-29-28-79-27-26-78-25-20-63-55(75)49-42-30-43(60)44(61)31-46(42)69(6)52(49)57(77)71-23-21-70(22-24-71)56(76)51(37-10-8-7-9-11-37)66-54(74)34(2)62-5/h12-19,30-31,34,37,45,51,62H,7-11,20-29,32H2,1-6H3,(H,63,75)(H,64,73)(H,66,74)/t34-,45-,51-/m0/s1. The van der Waals surface area contributed by atoms with Crippen LogP contribution in [0.15, 0.2) is 65.7 Å². The van der Waals surface area contributed by atoms with E-state index in [-0.39, 0.29) is 118 Å². The van der Waals surface area contributed by atoms with Gasteiger partial charge in [0.25, 0.3) is 11.8 Å². The second kappa shape index (κ2) is 26.2. The van der Waals surface area contributed by atoms with Crippen molar-refractivity contribution in [3.05, 3.63) is 122 Å². The number of carbonyl (C=O) groups is 5. The van der Waals surface area contributed by atoms with Gasteiger partial charge in [-0.05, 0) is 102 Å². The van der Waals surface area contributed by atoms with Gasteiger partial charge in [-0.2, -0.15) is 0 Å². The van der Waals surface area contributed by atoms with Crippen LogP contribution >= 0.6 is 22.9 Å². The second-order valence-electron chi connectivity index (χ2n) is 20.6. The average molecular weight is 1150 g/mol. The highest BCUT2D eigenvalue weighted by atomic mass is 35.5. The molecule has 0 radical (unpaired) electrons. The number of aliphatic imine (C=N–C) groups is 1. The Morgan fingerprint density at radius 3 is 2.21 bits per heavy atom. The molecule has 4 N–H and O–H groups in total. The Kier molecular flexibility index (Phi) is 18.9. The molecule has 430 valence electrons. The molecular weight excluding hydrogens is 1080 g/mol. The number of thiophene rings is 1. The third kappa shape index (κ3) is 13.2. The van der Waals surface area contributed by atoms with Crippen molar-refractivity contribution in [1.29, 1.82) is 0 Å². The van der Waals surface area contributed by atoms with Gasteiger partial charge in [-0.25, -0.2) is 8.78 Å². The molecule has 1 saturated carbocycles. The number of hydrogen-bond acceptors (Lipinski definition) is 13. The van der Waals surface area contributed by atoms with Crippen LogP contribution < -0.4 is 26.0 Å². The first-order valence-corrected chi connectivity index (χ1v) is 28.6. The van der Waals surface area contributed by atoms with Crippen LogP contribution in [0.3, 0.4) is 0 Å². The summed E-state index contributed by atoms with van der Waals surface area (Å²) in [5.74, 6) is -2.33. The highest BCUT2D eigenvalue weighted by Gasteiger charge is 2.38. The van der Waals surface area contributed by atoms with Gasteiger partial charge in [0.05, 0.1) is 55.7 Å². The molecule has 3 aromatic heterocycles. The van der Waals surface area contributed by atoms with Crippen LogP contribution in [-0.4, -0.2) is 149 Å².